The second-order valence-electron chi connectivity index (χ2n) is 5.07. The van der Waals surface area contributed by atoms with Gasteiger partial charge in [0.15, 0.2) is 0 Å². The third-order valence-corrected chi connectivity index (χ3v) is 4.33. The Bertz CT molecular complexity index is 847. The van der Waals surface area contributed by atoms with Crippen molar-refractivity contribution in [1.82, 2.24) is 4.98 Å². The molecule has 0 aliphatic rings. The van der Waals surface area contributed by atoms with Gasteiger partial charge in [0.05, 0.1) is 11.3 Å². The number of halogens is 1. The van der Waals surface area contributed by atoms with Crippen molar-refractivity contribution in [3.8, 4) is 28.5 Å². The smallest absolute Gasteiger partial charge is 0.119 e. The van der Waals surface area contributed by atoms with Gasteiger partial charge in [0.2, 0.25) is 0 Å². The molecule has 2 nitrogen and oxygen atoms in total. The number of benzene rings is 2. The van der Waals surface area contributed by atoms with Gasteiger partial charge in [-0.3, -0.25) is 0 Å². The number of hydrogen-bond acceptors (Lipinski definition) is 2. The molecule has 0 N–H and O–H groups in total. The van der Waals surface area contributed by atoms with Crippen molar-refractivity contribution in [2.24, 2.45) is 0 Å². The molecule has 0 aliphatic heterocycles. The normalized spacial score (nSPS) is 10.2. The fourth-order valence-corrected chi connectivity index (χ4v) is 2.86. The fourth-order valence-electron chi connectivity index (χ4n) is 2.34. The first-order valence-corrected chi connectivity index (χ1v) is 8.00. The Balaban J connectivity index is 2.27. The standard InChI is InChI=1S/C19H13IN2/c1-13-7-9-15(10-8-13)18-17(14-5-3-2-4-6-14)11-16(12-21)19(20)22-18/h2-11H,1H3. The largest absolute Gasteiger partial charge is 0.240 e. The highest BCUT2D eigenvalue weighted by molar-refractivity contribution is 14.1. The van der Waals surface area contributed by atoms with E-state index >= 15 is 0 Å². The van der Waals surface area contributed by atoms with Crippen LogP contribution in [-0.2, 0) is 0 Å². The lowest BCUT2D eigenvalue weighted by molar-refractivity contribution is 1.25. The number of aromatic nitrogens is 1. The zero-order valence-electron chi connectivity index (χ0n) is 12.0. The Hall–Kier alpha value is -2.19. The number of aryl methyl sites for hydroxylation is 1. The van der Waals surface area contributed by atoms with Crippen LogP contribution >= 0.6 is 22.6 Å². The molecule has 22 heavy (non-hydrogen) atoms. The zero-order chi connectivity index (χ0) is 15.5. The minimum Gasteiger partial charge on any atom is -0.240 e. The van der Waals surface area contributed by atoms with Gasteiger partial charge in [-0.05, 0) is 41.1 Å². The maximum absolute atomic E-state index is 9.29. The van der Waals surface area contributed by atoms with Crippen LogP contribution in [0.1, 0.15) is 11.1 Å². The third-order valence-electron chi connectivity index (χ3n) is 3.51. The monoisotopic (exact) mass is 396 g/mol. The summed E-state index contributed by atoms with van der Waals surface area (Å²) in [6.45, 7) is 2.07. The Morgan fingerprint density at radius 3 is 2.27 bits per heavy atom. The number of rotatable bonds is 2. The molecular weight excluding hydrogens is 383 g/mol. The van der Waals surface area contributed by atoms with Gasteiger partial charge >= 0.3 is 0 Å². The van der Waals surface area contributed by atoms with Crippen LogP contribution in [0.15, 0.2) is 60.7 Å². The Kier molecular flexibility index (Phi) is 4.21. The minimum atomic E-state index is 0.607. The molecule has 0 bridgehead atoms. The molecule has 1 heterocycles. The highest BCUT2D eigenvalue weighted by atomic mass is 127. The minimum absolute atomic E-state index is 0.607. The van der Waals surface area contributed by atoms with Crippen molar-refractivity contribution in [2.75, 3.05) is 0 Å². The lowest BCUT2D eigenvalue weighted by Gasteiger charge is -2.11. The summed E-state index contributed by atoms with van der Waals surface area (Å²) in [4.78, 5) is 4.68. The average Bonchev–Trinajstić information content (AvgIpc) is 2.56. The SMILES string of the molecule is Cc1ccc(-c2nc(I)c(C#N)cc2-c2ccccc2)cc1. The molecular formula is C19H13IN2. The van der Waals surface area contributed by atoms with E-state index in [4.69, 9.17) is 0 Å². The second kappa shape index (κ2) is 6.29. The molecule has 2 aromatic carbocycles. The van der Waals surface area contributed by atoms with Crippen LogP contribution in [0.4, 0.5) is 0 Å². The van der Waals surface area contributed by atoms with Gasteiger partial charge in [-0.25, -0.2) is 4.98 Å². The third kappa shape index (κ3) is 2.88. The van der Waals surface area contributed by atoms with Crippen molar-refractivity contribution < 1.29 is 0 Å². The van der Waals surface area contributed by atoms with Gasteiger partial charge in [-0.15, -0.1) is 0 Å². The van der Waals surface area contributed by atoms with Crippen molar-refractivity contribution in [2.45, 2.75) is 6.92 Å². The predicted molar refractivity (Wildman–Crippen MR) is 97.3 cm³/mol. The van der Waals surface area contributed by atoms with Gasteiger partial charge in [0.25, 0.3) is 0 Å². The molecule has 0 saturated carbocycles. The van der Waals surface area contributed by atoms with E-state index in [-0.39, 0.29) is 0 Å². The van der Waals surface area contributed by atoms with Crippen LogP contribution < -0.4 is 0 Å². The molecule has 0 atom stereocenters. The summed E-state index contributed by atoms with van der Waals surface area (Å²) < 4.78 is 0.732. The zero-order valence-corrected chi connectivity index (χ0v) is 14.2. The molecule has 0 radical (unpaired) electrons. The molecule has 3 aromatic rings. The van der Waals surface area contributed by atoms with Crippen molar-refractivity contribution in [3.63, 3.8) is 0 Å². The molecule has 1 aromatic heterocycles. The van der Waals surface area contributed by atoms with Gasteiger partial charge in [-0.2, -0.15) is 5.26 Å². The number of pyridine rings is 1. The van der Waals surface area contributed by atoms with Crippen molar-refractivity contribution in [3.05, 3.63) is 75.5 Å². The van der Waals surface area contributed by atoms with E-state index in [1.807, 2.05) is 36.4 Å². The summed E-state index contributed by atoms with van der Waals surface area (Å²) >= 11 is 2.12. The summed E-state index contributed by atoms with van der Waals surface area (Å²) in [5, 5.41) is 9.29. The first-order chi connectivity index (χ1) is 10.7. The van der Waals surface area contributed by atoms with Crippen LogP contribution in [0.2, 0.25) is 0 Å². The summed E-state index contributed by atoms with van der Waals surface area (Å²) in [7, 11) is 0. The molecule has 0 fully saturated rings. The quantitative estimate of drug-likeness (QED) is 0.441. The lowest BCUT2D eigenvalue weighted by atomic mass is 9.97. The highest BCUT2D eigenvalue weighted by Gasteiger charge is 2.13. The summed E-state index contributed by atoms with van der Waals surface area (Å²) in [6, 6.07) is 22.5. The van der Waals surface area contributed by atoms with Crippen LogP contribution in [-0.4, -0.2) is 4.98 Å². The first kappa shape index (κ1) is 14.7. The van der Waals surface area contributed by atoms with Gasteiger partial charge in [-0.1, -0.05) is 60.2 Å². The van der Waals surface area contributed by atoms with Crippen LogP contribution in [0.5, 0.6) is 0 Å². The van der Waals surface area contributed by atoms with Crippen molar-refractivity contribution >= 4 is 22.6 Å². The lowest BCUT2D eigenvalue weighted by Crippen LogP contribution is -1.96. The molecule has 0 aliphatic carbocycles. The Morgan fingerprint density at radius 1 is 0.955 bits per heavy atom. The Labute approximate surface area is 143 Å². The summed E-state index contributed by atoms with van der Waals surface area (Å²) in [5.74, 6) is 0. The second-order valence-corrected chi connectivity index (χ2v) is 6.09. The van der Waals surface area contributed by atoms with E-state index in [2.05, 4.69) is 64.8 Å². The topological polar surface area (TPSA) is 36.7 Å². The van der Waals surface area contributed by atoms with E-state index in [1.165, 1.54) is 5.56 Å². The van der Waals surface area contributed by atoms with E-state index in [9.17, 15) is 5.26 Å². The number of hydrogen-bond donors (Lipinski definition) is 0. The summed E-state index contributed by atoms with van der Waals surface area (Å²) in [6.07, 6.45) is 0. The molecule has 0 spiro atoms. The fraction of sp³-hybridized carbons (Fsp3) is 0.0526. The summed E-state index contributed by atoms with van der Waals surface area (Å²) in [5.41, 5.74) is 5.85. The van der Waals surface area contributed by atoms with E-state index in [0.29, 0.717) is 5.56 Å². The Morgan fingerprint density at radius 2 is 1.64 bits per heavy atom. The van der Waals surface area contributed by atoms with Crippen LogP contribution in [0.3, 0.4) is 0 Å². The van der Waals surface area contributed by atoms with Crippen molar-refractivity contribution in [1.29, 1.82) is 5.26 Å². The molecule has 3 rings (SSSR count). The van der Waals surface area contributed by atoms with E-state index in [0.717, 1.165) is 26.1 Å². The molecule has 0 unspecified atom stereocenters. The average molecular weight is 396 g/mol. The maximum atomic E-state index is 9.29. The highest BCUT2D eigenvalue weighted by Crippen LogP contribution is 2.32. The van der Waals surface area contributed by atoms with Gasteiger partial charge in [0.1, 0.15) is 9.77 Å². The van der Waals surface area contributed by atoms with E-state index in [1.54, 1.807) is 0 Å². The number of nitrogens with zero attached hydrogens (tertiary/aromatic N) is 2. The maximum Gasteiger partial charge on any atom is 0.119 e. The number of nitriles is 1. The van der Waals surface area contributed by atoms with Gasteiger partial charge in [0, 0.05) is 11.1 Å². The predicted octanol–water partition coefficient (Wildman–Crippen LogP) is 5.20. The van der Waals surface area contributed by atoms with Gasteiger partial charge < -0.3 is 0 Å². The molecule has 0 amide bonds. The molecule has 0 saturated heterocycles. The molecule has 106 valence electrons. The van der Waals surface area contributed by atoms with E-state index < -0.39 is 0 Å². The first-order valence-electron chi connectivity index (χ1n) is 6.92. The molecule has 3 heteroatoms. The van der Waals surface area contributed by atoms with Crippen LogP contribution in [0, 0.1) is 22.0 Å². The van der Waals surface area contributed by atoms with Crippen LogP contribution in [0.25, 0.3) is 22.4 Å².